The maximum atomic E-state index is 4.70. The van der Waals surface area contributed by atoms with E-state index in [4.69, 9.17) is 9.97 Å². The number of thiazole rings is 2. The summed E-state index contributed by atoms with van der Waals surface area (Å²) in [6.45, 7) is 8.25. The van der Waals surface area contributed by atoms with E-state index in [2.05, 4.69) is 98.3 Å². The Morgan fingerprint density at radius 1 is 0.475 bits per heavy atom. The number of pyridine rings is 2. The average Bonchev–Trinajstić information content (AvgIpc) is 3.50. The largest absolute Gasteiger partial charge is 0.263 e. The molecule has 0 aliphatic heterocycles. The predicted molar refractivity (Wildman–Crippen MR) is 169 cm³/mol. The number of nitrogens with zero attached hydrogens (tertiary/aromatic N) is 4. The van der Waals surface area contributed by atoms with Crippen LogP contribution in [0.4, 0.5) is 0 Å². The SMILES string of the molecule is Cc1nc(C)c(-c2cncc(-c3c4ccccc4c(-c4cncc(-c5sc(C)nc5C)c4)c4ccccc34)c2)s1. The topological polar surface area (TPSA) is 51.6 Å². The van der Waals surface area contributed by atoms with Crippen LogP contribution in [-0.2, 0) is 0 Å². The molecule has 0 aliphatic rings. The van der Waals surface area contributed by atoms with Crippen molar-refractivity contribution >= 4 is 44.2 Å². The van der Waals surface area contributed by atoms with E-state index in [9.17, 15) is 0 Å². The fourth-order valence-electron chi connectivity index (χ4n) is 5.75. The van der Waals surface area contributed by atoms with E-state index in [1.165, 1.54) is 42.4 Å². The molecule has 4 nitrogen and oxygen atoms in total. The zero-order valence-electron chi connectivity index (χ0n) is 22.7. The lowest BCUT2D eigenvalue weighted by Crippen LogP contribution is -1.93. The summed E-state index contributed by atoms with van der Waals surface area (Å²) in [5.41, 5.74) is 8.89. The number of fused-ring (bicyclic) bond motifs is 2. The van der Waals surface area contributed by atoms with Gasteiger partial charge in [0.1, 0.15) is 0 Å². The van der Waals surface area contributed by atoms with Gasteiger partial charge in [0, 0.05) is 47.0 Å². The fraction of sp³-hybridized carbons (Fsp3) is 0.118. The van der Waals surface area contributed by atoms with Gasteiger partial charge >= 0.3 is 0 Å². The molecule has 0 aliphatic carbocycles. The molecule has 0 N–H and O–H groups in total. The normalized spacial score (nSPS) is 11.5. The summed E-state index contributed by atoms with van der Waals surface area (Å²) in [5.74, 6) is 0. The smallest absolute Gasteiger partial charge is 0.0903 e. The summed E-state index contributed by atoms with van der Waals surface area (Å²) < 4.78 is 0. The number of aromatic nitrogens is 4. The van der Waals surface area contributed by atoms with Gasteiger partial charge in [-0.1, -0.05) is 48.5 Å². The molecule has 0 saturated heterocycles. The Labute approximate surface area is 241 Å². The highest BCUT2D eigenvalue weighted by Gasteiger charge is 2.19. The minimum absolute atomic E-state index is 1.05. The summed E-state index contributed by atoms with van der Waals surface area (Å²) in [5, 5.41) is 6.92. The van der Waals surface area contributed by atoms with Crippen molar-refractivity contribution in [2.24, 2.45) is 0 Å². The molecule has 0 spiro atoms. The van der Waals surface area contributed by atoms with Crippen molar-refractivity contribution in [1.82, 2.24) is 19.9 Å². The van der Waals surface area contributed by atoms with Gasteiger partial charge in [0.25, 0.3) is 0 Å². The Balaban J connectivity index is 1.50. The first-order chi connectivity index (χ1) is 19.5. The van der Waals surface area contributed by atoms with Crippen LogP contribution in [0, 0.1) is 27.7 Å². The Morgan fingerprint density at radius 2 is 0.825 bits per heavy atom. The monoisotopic (exact) mass is 554 g/mol. The third-order valence-electron chi connectivity index (χ3n) is 7.32. The Bertz CT molecular complexity index is 1860. The molecule has 4 aromatic heterocycles. The molecular formula is C34H26N4S2. The molecule has 7 rings (SSSR count). The summed E-state index contributed by atoms with van der Waals surface area (Å²) >= 11 is 3.44. The first-order valence-electron chi connectivity index (χ1n) is 13.2. The van der Waals surface area contributed by atoms with Crippen LogP contribution < -0.4 is 0 Å². The van der Waals surface area contributed by atoms with Crippen LogP contribution in [-0.4, -0.2) is 19.9 Å². The van der Waals surface area contributed by atoms with Crippen LogP contribution in [0.2, 0.25) is 0 Å². The molecule has 194 valence electrons. The second-order valence-corrected chi connectivity index (χ2v) is 12.5. The number of benzene rings is 3. The Kier molecular flexibility index (Phi) is 6.02. The zero-order valence-corrected chi connectivity index (χ0v) is 24.3. The highest BCUT2D eigenvalue weighted by molar-refractivity contribution is 7.15. The van der Waals surface area contributed by atoms with Gasteiger partial charge in [-0.2, -0.15) is 0 Å². The van der Waals surface area contributed by atoms with Gasteiger partial charge in [0.2, 0.25) is 0 Å². The van der Waals surface area contributed by atoms with Gasteiger partial charge in [0.15, 0.2) is 0 Å². The van der Waals surface area contributed by atoms with Gasteiger partial charge in [-0.25, -0.2) is 9.97 Å². The van der Waals surface area contributed by atoms with E-state index in [0.29, 0.717) is 0 Å². The number of hydrogen-bond donors (Lipinski definition) is 0. The molecule has 7 aromatic rings. The quantitative estimate of drug-likeness (QED) is 0.203. The van der Waals surface area contributed by atoms with Gasteiger partial charge in [0.05, 0.1) is 31.2 Å². The van der Waals surface area contributed by atoms with E-state index in [1.54, 1.807) is 22.7 Å². The van der Waals surface area contributed by atoms with Crippen molar-refractivity contribution < 1.29 is 0 Å². The summed E-state index contributed by atoms with van der Waals surface area (Å²) in [4.78, 5) is 21.1. The third-order valence-corrected chi connectivity index (χ3v) is 9.56. The van der Waals surface area contributed by atoms with Gasteiger partial charge in [-0.15, -0.1) is 22.7 Å². The van der Waals surface area contributed by atoms with Crippen LogP contribution in [0.3, 0.4) is 0 Å². The van der Waals surface area contributed by atoms with Crippen molar-refractivity contribution in [2.75, 3.05) is 0 Å². The average molecular weight is 555 g/mol. The summed E-state index contributed by atoms with van der Waals surface area (Å²) in [6, 6.07) is 21.9. The third kappa shape index (κ3) is 4.12. The van der Waals surface area contributed by atoms with Crippen molar-refractivity contribution in [2.45, 2.75) is 27.7 Å². The molecule has 0 unspecified atom stereocenters. The van der Waals surface area contributed by atoms with Crippen molar-refractivity contribution in [3.8, 4) is 43.1 Å². The lowest BCUT2D eigenvalue weighted by atomic mass is 9.86. The number of hydrogen-bond acceptors (Lipinski definition) is 6. The minimum Gasteiger partial charge on any atom is -0.263 e. The first kappa shape index (κ1) is 24.8. The van der Waals surface area contributed by atoms with E-state index in [0.717, 1.165) is 43.7 Å². The molecule has 0 amide bonds. The van der Waals surface area contributed by atoms with Crippen molar-refractivity contribution in [1.29, 1.82) is 0 Å². The van der Waals surface area contributed by atoms with Crippen LogP contribution in [0.5, 0.6) is 0 Å². The highest BCUT2D eigenvalue weighted by Crippen LogP contribution is 2.45. The molecule has 0 bridgehead atoms. The summed E-state index contributed by atoms with van der Waals surface area (Å²) in [7, 11) is 0. The lowest BCUT2D eigenvalue weighted by molar-refractivity contribution is 1.20. The van der Waals surface area contributed by atoms with Gasteiger partial charge < -0.3 is 0 Å². The highest BCUT2D eigenvalue weighted by atomic mass is 32.1. The van der Waals surface area contributed by atoms with Gasteiger partial charge in [-0.05, 0) is 72.5 Å². The van der Waals surface area contributed by atoms with E-state index in [-0.39, 0.29) is 0 Å². The Morgan fingerprint density at radius 3 is 1.15 bits per heavy atom. The van der Waals surface area contributed by atoms with Crippen LogP contribution in [0.15, 0.2) is 85.5 Å². The maximum absolute atomic E-state index is 4.70. The number of rotatable bonds is 4. The van der Waals surface area contributed by atoms with Crippen LogP contribution in [0.25, 0.3) is 64.7 Å². The molecule has 40 heavy (non-hydrogen) atoms. The van der Waals surface area contributed by atoms with Crippen molar-refractivity contribution in [3.05, 3.63) is 107 Å². The predicted octanol–water partition coefficient (Wildman–Crippen LogP) is 9.60. The number of aryl methyl sites for hydroxylation is 4. The molecule has 0 radical (unpaired) electrons. The van der Waals surface area contributed by atoms with Gasteiger partial charge in [-0.3, -0.25) is 9.97 Å². The zero-order chi connectivity index (χ0) is 27.4. The summed E-state index contributed by atoms with van der Waals surface area (Å²) in [6.07, 6.45) is 7.86. The first-order valence-corrected chi connectivity index (χ1v) is 14.8. The lowest BCUT2D eigenvalue weighted by Gasteiger charge is -2.18. The molecule has 0 atom stereocenters. The minimum atomic E-state index is 1.05. The standard InChI is InChI=1S/C34H26N4S2/c1-19-33(39-21(3)37-19)25-13-23(15-35-17-25)31-27-9-5-7-11-29(27)32(30-12-8-6-10-28(30)31)24-14-26(18-36-16-24)34-20(2)38-22(4)40-34/h5-18H,1-4H3. The second kappa shape index (κ2) is 9.73. The van der Waals surface area contributed by atoms with E-state index in [1.807, 2.05) is 24.8 Å². The molecule has 6 heteroatoms. The van der Waals surface area contributed by atoms with Crippen LogP contribution >= 0.6 is 22.7 Å². The fourth-order valence-corrected chi connectivity index (χ4v) is 7.55. The Hall–Kier alpha value is -4.26. The van der Waals surface area contributed by atoms with E-state index < -0.39 is 0 Å². The molecule has 0 fully saturated rings. The molecule has 4 heterocycles. The molecule has 0 saturated carbocycles. The molecule has 3 aromatic carbocycles. The van der Waals surface area contributed by atoms with E-state index >= 15 is 0 Å². The van der Waals surface area contributed by atoms with Crippen molar-refractivity contribution in [3.63, 3.8) is 0 Å². The second-order valence-electron chi connectivity index (χ2n) is 10.1. The molecular weight excluding hydrogens is 529 g/mol. The maximum Gasteiger partial charge on any atom is 0.0903 e. The van der Waals surface area contributed by atoms with Crippen LogP contribution in [0.1, 0.15) is 21.4 Å².